The van der Waals surface area contributed by atoms with Crippen molar-refractivity contribution in [3.63, 3.8) is 0 Å². The van der Waals surface area contributed by atoms with E-state index in [4.69, 9.17) is 0 Å². The van der Waals surface area contributed by atoms with Crippen LogP contribution in [0.5, 0.6) is 0 Å². The summed E-state index contributed by atoms with van der Waals surface area (Å²) in [6.07, 6.45) is 0.323. The third-order valence-electron chi connectivity index (χ3n) is 3.28. The first-order valence-corrected chi connectivity index (χ1v) is 6.57. The van der Waals surface area contributed by atoms with Gasteiger partial charge in [-0.15, -0.1) is 0 Å². The van der Waals surface area contributed by atoms with Crippen molar-refractivity contribution in [2.45, 2.75) is 6.42 Å². The zero-order valence-corrected chi connectivity index (χ0v) is 12.0. The van der Waals surface area contributed by atoms with E-state index in [9.17, 15) is 14.7 Å². The molecule has 0 spiro atoms. The first-order chi connectivity index (χ1) is 10.0. The van der Waals surface area contributed by atoms with E-state index in [1.165, 1.54) is 6.07 Å². The van der Waals surface area contributed by atoms with Gasteiger partial charge in [-0.2, -0.15) is 0 Å². The van der Waals surface area contributed by atoms with Gasteiger partial charge in [0.2, 0.25) is 5.91 Å². The van der Waals surface area contributed by atoms with Gasteiger partial charge in [0, 0.05) is 32.4 Å². The van der Waals surface area contributed by atoms with Crippen molar-refractivity contribution in [3.8, 4) is 0 Å². The Morgan fingerprint density at radius 3 is 2.71 bits per heavy atom. The SMILES string of the molecule is CNC(=O)CCN(C)c1cc(C(=O)O)c2ccccc2n1. The monoisotopic (exact) mass is 287 g/mol. The van der Waals surface area contributed by atoms with Gasteiger partial charge in [-0.3, -0.25) is 4.79 Å². The molecule has 0 saturated heterocycles. The van der Waals surface area contributed by atoms with E-state index in [1.54, 1.807) is 37.2 Å². The van der Waals surface area contributed by atoms with Gasteiger partial charge in [0.25, 0.3) is 0 Å². The highest BCUT2D eigenvalue weighted by molar-refractivity contribution is 6.03. The fraction of sp³-hybridized carbons (Fsp3) is 0.267. The highest BCUT2D eigenvalue weighted by atomic mass is 16.4. The van der Waals surface area contributed by atoms with E-state index < -0.39 is 5.97 Å². The van der Waals surface area contributed by atoms with Crippen molar-refractivity contribution in [1.82, 2.24) is 10.3 Å². The van der Waals surface area contributed by atoms with Crippen LogP contribution in [0.25, 0.3) is 10.9 Å². The number of aromatic nitrogens is 1. The zero-order valence-electron chi connectivity index (χ0n) is 12.0. The highest BCUT2D eigenvalue weighted by Crippen LogP contribution is 2.22. The number of amides is 1. The summed E-state index contributed by atoms with van der Waals surface area (Å²) in [5.41, 5.74) is 0.835. The first kappa shape index (κ1) is 14.8. The molecule has 21 heavy (non-hydrogen) atoms. The molecule has 1 aromatic carbocycles. The molecule has 110 valence electrons. The number of hydrogen-bond acceptors (Lipinski definition) is 4. The summed E-state index contributed by atoms with van der Waals surface area (Å²) < 4.78 is 0. The predicted molar refractivity (Wildman–Crippen MR) is 80.7 cm³/mol. The van der Waals surface area contributed by atoms with Crippen LogP contribution in [0.4, 0.5) is 5.82 Å². The second kappa shape index (κ2) is 6.21. The summed E-state index contributed by atoms with van der Waals surface area (Å²) in [5, 5.41) is 12.5. The lowest BCUT2D eigenvalue weighted by molar-refractivity contribution is -0.120. The molecule has 2 aromatic rings. The summed E-state index contributed by atoms with van der Waals surface area (Å²) in [6, 6.07) is 8.65. The minimum Gasteiger partial charge on any atom is -0.478 e. The van der Waals surface area contributed by atoms with Gasteiger partial charge in [0.1, 0.15) is 5.82 Å². The molecule has 0 aliphatic carbocycles. The maximum absolute atomic E-state index is 11.4. The molecule has 1 amide bonds. The van der Waals surface area contributed by atoms with E-state index in [1.807, 2.05) is 6.07 Å². The van der Waals surface area contributed by atoms with Crippen LogP contribution in [0.3, 0.4) is 0 Å². The predicted octanol–water partition coefficient (Wildman–Crippen LogP) is 1.51. The van der Waals surface area contributed by atoms with Crippen LogP contribution < -0.4 is 10.2 Å². The molecule has 2 rings (SSSR count). The molecule has 0 saturated carbocycles. The van der Waals surface area contributed by atoms with Crippen LogP contribution in [0.1, 0.15) is 16.8 Å². The summed E-state index contributed by atoms with van der Waals surface area (Å²) in [7, 11) is 3.37. The molecule has 1 aromatic heterocycles. The Balaban J connectivity index is 2.36. The number of carboxylic acid groups (broad SMARTS) is 1. The molecule has 0 atom stereocenters. The number of anilines is 1. The van der Waals surface area contributed by atoms with Crippen LogP contribution in [-0.2, 0) is 4.79 Å². The van der Waals surface area contributed by atoms with Crippen LogP contribution in [0.2, 0.25) is 0 Å². The Bertz CT molecular complexity index is 685. The van der Waals surface area contributed by atoms with Crippen LogP contribution in [0, 0.1) is 0 Å². The second-order valence-electron chi connectivity index (χ2n) is 4.70. The van der Waals surface area contributed by atoms with Gasteiger partial charge in [-0.05, 0) is 12.1 Å². The van der Waals surface area contributed by atoms with Crippen molar-refractivity contribution >= 4 is 28.6 Å². The van der Waals surface area contributed by atoms with Crippen LogP contribution in [0.15, 0.2) is 30.3 Å². The molecule has 0 fully saturated rings. The molecule has 1 heterocycles. The zero-order chi connectivity index (χ0) is 15.4. The van der Waals surface area contributed by atoms with Crippen molar-refractivity contribution < 1.29 is 14.7 Å². The third kappa shape index (κ3) is 3.28. The number of aromatic carboxylic acids is 1. The lowest BCUT2D eigenvalue weighted by Gasteiger charge is -2.19. The van der Waals surface area contributed by atoms with Crippen molar-refractivity contribution in [1.29, 1.82) is 0 Å². The Morgan fingerprint density at radius 2 is 2.05 bits per heavy atom. The largest absolute Gasteiger partial charge is 0.478 e. The Hall–Kier alpha value is -2.63. The van der Waals surface area contributed by atoms with E-state index in [2.05, 4.69) is 10.3 Å². The smallest absolute Gasteiger partial charge is 0.336 e. The average Bonchev–Trinajstić information content (AvgIpc) is 2.50. The summed E-state index contributed by atoms with van der Waals surface area (Å²) in [6.45, 7) is 0.462. The van der Waals surface area contributed by atoms with E-state index in [0.717, 1.165) is 0 Å². The number of para-hydroxylation sites is 1. The molecule has 0 bridgehead atoms. The number of carboxylic acids is 1. The molecule has 0 unspecified atom stereocenters. The summed E-state index contributed by atoms with van der Waals surface area (Å²) >= 11 is 0. The van der Waals surface area contributed by atoms with Gasteiger partial charge in [-0.1, -0.05) is 18.2 Å². The van der Waals surface area contributed by atoms with Gasteiger partial charge in [0.05, 0.1) is 11.1 Å². The quantitative estimate of drug-likeness (QED) is 0.871. The lowest BCUT2D eigenvalue weighted by Crippen LogP contribution is -2.27. The van der Waals surface area contributed by atoms with Gasteiger partial charge >= 0.3 is 5.97 Å². The van der Waals surface area contributed by atoms with Crippen molar-refractivity contribution in [2.24, 2.45) is 0 Å². The fourth-order valence-electron chi connectivity index (χ4n) is 2.04. The molecule has 0 aliphatic rings. The van der Waals surface area contributed by atoms with Crippen molar-refractivity contribution in [2.75, 3.05) is 25.5 Å². The standard InChI is InChI=1S/C15H17N3O3/c1-16-14(19)7-8-18(2)13-9-11(15(20)21)10-5-3-4-6-12(10)17-13/h3-6,9H,7-8H2,1-2H3,(H,16,19)(H,20,21). The maximum atomic E-state index is 11.4. The van der Waals surface area contributed by atoms with Crippen LogP contribution in [-0.4, -0.2) is 42.6 Å². The number of benzene rings is 1. The number of fused-ring (bicyclic) bond motifs is 1. The molecule has 6 nitrogen and oxygen atoms in total. The number of nitrogens with zero attached hydrogens (tertiary/aromatic N) is 2. The topological polar surface area (TPSA) is 82.5 Å². The Kier molecular flexibility index (Phi) is 4.37. The maximum Gasteiger partial charge on any atom is 0.336 e. The molecule has 0 aliphatic heterocycles. The molecule has 6 heteroatoms. The number of carbonyl (C=O) groups is 2. The number of hydrogen-bond donors (Lipinski definition) is 2. The minimum atomic E-state index is -0.991. The van der Waals surface area contributed by atoms with Gasteiger partial charge < -0.3 is 15.3 Å². The van der Waals surface area contributed by atoms with Crippen molar-refractivity contribution in [3.05, 3.63) is 35.9 Å². The molecular weight excluding hydrogens is 270 g/mol. The second-order valence-corrected chi connectivity index (χ2v) is 4.70. The molecule has 0 radical (unpaired) electrons. The highest BCUT2D eigenvalue weighted by Gasteiger charge is 2.14. The molecule has 2 N–H and O–H groups in total. The minimum absolute atomic E-state index is 0.0684. The summed E-state index contributed by atoms with van der Waals surface area (Å²) in [4.78, 5) is 28.9. The average molecular weight is 287 g/mol. The Labute approximate surface area is 122 Å². The van der Waals surface area contributed by atoms with E-state index >= 15 is 0 Å². The van der Waals surface area contributed by atoms with E-state index in [0.29, 0.717) is 29.7 Å². The number of carbonyl (C=O) groups excluding carboxylic acids is 1. The first-order valence-electron chi connectivity index (χ1n) is 6.57. The normalized spacial score (nSPS) is 10.4. The number of pyridine rings is 1. The molecular formula is C15H17N3O3. The third-order valence-corrected chi connectivity index (χ3v) is 3.28. The van der Waals surface area contributed by atoms with Gasteiger partial charge in [-0.25, -0.2) is 9.78 Å². The summed E-state index contributed by atoms with van der Waals surface area (Å²) in [5.74, 6) is -0.523. The fourth-order valence-corrected chi connectivity index (χ4v) is 2.04. The number of nitrogens with one attached hydrogen (secondary N) is 1. The Morgan fingerprint density at radius 1 is 1.33 bits per heavy atom. The van der Waals surface area contributed by atoms with Gasteiger partial charge in [0.15, 0.2) is 0 Å². The van der Waals surface area contributed by atoms with Crippen LogP contribution >= 0.6 is 0 Å². The lowest BCUT2D eigenvalue weighted by atomic mass is 10.1. The number of rotatable bonds is 5. The van der Waals surface area contributed by atoms with E-state index in [-0.39, 0.29) is 11.5 Å².